The largest absolute Gasteiger partial charge is 0.489 e. The number of urea groups is 1. The maximum absolute atomic E-state index is 13.0. The molecule has 206 valence electrons. The van der Waals surface area contributed by atoms with Gasteiger partial charge in [0.2, 0.25) is 5.76 Å². The highest BCUT2D eigenvalue weighted by Gasteiger charge is 2.34. The number of nitriles is 1. The number of ether oxygens (including phenoxy) is 2. The second-order valence-corrected chi connectivity index (χ2v) is 9.35. The topological polar surface area (TPSA) is 127 Å². The van der Waals surface area contributed by atoms with E-state index in [9.17, 15) is 19.6 Å². The summed E-state index contributed by atoms with van der Waals surface area (Å²) in [5.41, 5.74) is 5.02. The van der Waals surface area contributed by atoms with E-state index in [-0.39, 0.29) is 30.4 Å². The number of amides is 3. The van der Waals surface area contributed by atoms with Gasteiger partial charge in [0.15, 0.2) is 0 Å². The predicted octanol–water partition coefficient (Wildman–Crippen LogP) is 5.02. The molecule has 3 amide bonds. The van der Waals surface area contributed by atoms with Crippen LogP contribution >= 0.6 is 0 Å². The molecule has 0 bridgehead atoms. The Morgan fingerprint density at radius 1 is 1.07 bits per heavy atom. The van der Waals surface area contributed by atoms with Gasteiger partial charge in [-0.2, -0.15) is 5.26 Å². The summed E-state index contributed by atoms with van der Waals surface area (Å²) in [4.78, 5) is 38.2. The molecule has 5 rings (SSSR count). The highest BCUT2D eigenvalue weighted by molar-refractivity contribution is 6.14. The summed E-state index contributed by atoms with van der Waals surface area (Å²) >= 11 is 0. The van der Waals surface area contributed by atoms with E-state index in [1.807, 2.05) is 66.9 Å². The predicted molar refractivity (Wildman–Crippen MR) is 148 cm³/mol. The number of hydrogen-bond donors (Lipinski definition) is 1. The van der Waals surface area contributed by atoms with E-state index < -0.39 is 17.9 Å². The van der Waals surface area contributed by atoms with Crippen LogP contribution in [0.3, 0.4) is 0 Å². The summed E-state index contributed by atoms with van der Waals surface area (Å²) in [5, 5.41) is 11.9. The standard InChI is InChI=1S/C31H26N4O6/c1-19-14-23(15-27-29(36)34(31(38)33-27)17-26-12-13-28(41-26)30(37)39-3)20(2)35(19)24-8-10-25(11-9-24)40-18-22-7-5-4-6-21(22)16-32/h4-15H,17-18H2,1-3H3,(H,33,38)/b27-15-. The second-order valence-electron chi connectivity index (χ2n) is 9.35. The van der Waals surface area contributed by atoms with Crippen LogP contribution < -0.4 is 10.1 Å². The van der Waals surface area contributed by atoms with Gasteiger partial charge in [-0.3, -0.25) is 9.69 Å². The number of nitrogens with one attached hydrogen (secondary N) is 1. The van der Waals surface area contributed by atoms with E-state index in [0.29, 0.717) is 11.3 Å². The molecule has 10 nitrogen and oxygen atoms in total. The Balaban J connectivity index is 1.30. The molecule has 0 radical (unpaired) electrons. The SMILES string of the molecule is COC(=O)c1ccc(CN2C(=O)N/C(=C\c3cc(C)n(-c4ccc(OCc5ccccc5C#N)cc4)c3C)C2=O)o1. The van der Waals surface area contributed by atoms with Crippen LogP contribution in [0.5, 0.6) is 5.75 Å². The first-order valence-electron chi connectivity index (χ1n) is 12.7. The first-order valence-corrected chi connectivity index (χ1v) is 12.7. The molecule has 3 heterocycles. The quantitative estimate of drug-likeness (QED) is 0.185. The Bertz CT molecular complexity index is 1720. The van der Waals surface area contributed by atoms with Gasteiger partial charge in [0.25, 0.3) is 5.91 Å². The molecule has 1 aliphatic rings. The lowest BCUT2D eigenvalue weighted by Crippen LogP contribution is -2.30. The van der Waals surface area contributed by atoms with E-state index in [0.717, 1.165) is 33.1 Å². The molecule has 0 aliphatic carbocycles. The van der Waals surface area contributed by atoms with Crippen molar-refractivity contribution in [3.63, 3.8) is 0 Å². The van der Waals surface area contributed by atoms with Crippen LogP contribution in [0.2, 0.25) is 0 Å². The Labute approximate surface area is 236 Å². The van der Waals surface area contributed by atoms with Crippen molar-refractivity contribution in [3.05, 3.63) is 112 Å². The summed E-state index contributed by atoms with van der Waals surface area (Å²) < 4.78 is 18.0. The van der Waals surface area contributed by atoms with Crippen molar-refractivity contribution in [2.24, 2.45) is 0 Å². The number of carbonyl (C=O) groups excluding carboxylic acids is 3. The van der Waals surface area contributed by atoms with Gasteiger partial charge < -0.3 is 23.8 Å². The van der Waals surface area contributed by atoms with Crippen molar-refractivity contribution in [2.75, 3.05) is 7.11 Å². The lowest BCUT2D eigenvalue weighted by atomic mass is 10.1. The fourth-order valence-electron chi connectivity index (χ4n) is 4.64. The minimum atomic E-state index is -0.645. The van der Waals surface area contributed by atoms with Gasteiger partial charge in [0.05, 0.1) is 25.3 Å². The van der Waals surface area contributed by atoms with Crippen molar-refractivity contribution < 1.29 is 28.3 Å². The van der Waals surface area contributed by atoms with E-state index in [1.54, 1.807) is 12.1 Å². The van der Waals surface area contributed by atoms with E-state index in [2.05, 4.69) is 16.1 Å². The molecule has 1 fully saturated rings. The molecule has 1 aliphatic heterocycles. The van der Waals surface area contributed by atoms with Crippen LogP contribution in [0, 0.1) is 25.2 Å². The first kappa shape index (κ1) is 27.0. The number of benzene rings is 2. The minimum Gasteiger partial charge on any atom is -0.489 e. The number of nitrogens with zero attached hydrogens (tertiary/aromatic N) is 3. The molecule has 41 heavy (non-hydrogen) atoms. The molecule has 1 N–H and O–H groups in total. The molecule has 4 aromatic rings. The summed E-state index contributed by atoms with van der Waals surface area (Å²) in [6, 6.07) is 21.4. The molecule has 0 unspecified atom stereocenters. The van der Waals surface area contributed by atoms with Gasteiger partial charge in [0, 0.05) is 22.6 Å². The molecule has 2 aromatic carbocycles. The van der Waals surface area contributed by atoms with Crippen LogP contribution in [0.1, 0.15) is 44.4 Å². The van der Waals surface area contributed by atoms with Crippen molar-refractivity contribution in [3.8, 4) is 17.5 Å². The highest BCUT2D eigenvalue weighted by Crippen LogP contribution is 2.26. The Hall–Kier alpha value is -5.56. The van der Waals surface area contributed by atoms with Gasteiger partial charge in [-0.05, 0) is 74.0 Å². The average Bonchev–Trinajstić information content (AvgIpc) is 3.64. The third kappa shape index (κ3) is 5.46. The van der Waals surface area contributed by atoms with Crippen molar-refractivity contribution in [1.82, 2.24) is 14.8 Å². The van der Waals surface area contributed by atoms with Crippen LogP contribution in [-0.4, -0.2) is 34.5 Å². The van der Waals surface area contributed by atoms with Crippen LogP contribution in [0.25, 0.3) is 11.8 Å². The number of methoxy groups -OCH3 is 1. The minimum absolute atomic E-state index is 0.0123. The number of esters is 1. The fraction of sp³-hybridized carbons (Fsp3) is 0.161. The number of rotatable bonds is 8. The highest BCUT2D eigenvalue weighted by atomic mass is 16.5. The first-order chi connectivity index (χ1) is 19.8. The molecule has 1 saturated heterocycles. The van der Waals surface area contributed by atoms with Crippen LogP contribution in [-0.2, 0) is 22.7 Å². The zero-order valence-corrected chi connectivity index (χ0v) is 22.6. The summed E-state index contributed by atoms with van der Waals surface area (Å²) in [5.74, 6) is -0.221. The number of aromatic nitrogens is 1. The average molecular weight is 551 g/mol. The van der Waals surface area contributed by atoms with Crippen LogP contribution in [0.15, 0.2) is 76.8 Å². The molecule has 0 saturated carbocycles. The van der Waals surface area contributed by atoms with E-state index in [1.165, 1.54) is 19.2 Å². The Morgan fingerprint density at radius 2 is 1.83 bits per heavy atom. The van der Waals surface area contributed by atoms with E-state index in [4.69, 9.17) is 9.15 Å². The van der Waals surface area contributed by atoms with Crippen molar-refractivity contribution >= 4 is 24.0 Å². The summed E-state index contributed by atoms with van der Waals surface area (Å²) in [7, 11) is 1.24. The van der Waals surface area contributed by atoms with Gasteiger partial charge >= 0.3 is 12.0 Å². The third-order valence-corrected chi connectivity index (χ3v) is 6.72. The maximum atomic E-state index is 13.0. The molecule has 0 atom stereocenters. The van der Waals surface area contributed by atoms with Gasteiger partial charge in [0.1, 0.15) is 23.8 Å². The third-order valence-electron chi connectivity index (χ3n) is 6.72. The molecular weight excluding hydrogens is 524 g/mol. The van der Waals surface area contributed by atoms with Crippen molar-refractivity contribution in [1.29, 1.82) is 5.26 Å². The zero-order chi connectivity index (χ0) is 29.1. The maximum Gasteiger partial charge on any atom is 0.373 e. The molecular formula is C31H26N4O6. The summed E-state index contributed by atoms with van der Waals surface area (Å²) in [6.07, 6.45) is 1.64. The lowest BCUT2D eigenvalue weighted by molar-refractivity contribution is -0.123. The zero-order valence-electron chi connectivity index (χ0n) is 22.6. The fourth-order valence-corrected chi connectivity index (χ4v) is 4.64. The van der Waals surface area contributed by atoms with Gasteiger partial charge in [-0.15, -0.1) is 0 Å². The number of carbonyl (C=O) groups is 3. The van der Waals surface area contributed by atoms with E-state index >= 15 is 0 Å². The Kier molecular flexibility index (Phi) is 7.43. The lowest BCUT2D eigenvalue weighted by Gasteiger charge is -2.12. The monoisotopic (exact) mass is 550 g/mol. The number of furan rings is 1. The molecule has 10 heteroatoms. The van der Waals surface area contributed by atoms with Gasteiger partial charge in [-0.1, -0.05) is 18.2 Å². The normalized spacial score (nSPS) is 13.8. The van der Waals surface area contributed by atoms with Crippen molar-refractivity contribution in [2.45, 2.75) is 27.0 Å². The number of aryl methyl sites for hydroxylation is 1. The number of imide groups is 1. The number of hydrogen-bond acceptors (Lipinski definition) is 7. The summed E-state index contributed by atoms with van der Waals surface area (Å²) in [6.45, 7) is 4.04. The molecule has 0 spiro atoms. The smallest absolute Gasteiger partial charge is 0.373 e. The van der Waals surface area contributed by atoms with Gasteiger partial charge in [-0.25, -0.2) is 9.59 Å². The Morgan fingerprint density at radius 3 is 2.56 bits per heavy atom. The second kappa shape index (κ2) is 11.3. The molecule has 2 aromatic heterocycles. The van der Waals surface area contributed by atoms with Crippen LogP contribution in [0.4, 0.5) is 4.79 Å².